The first kappa shape index (κ1) is 18.3. The highest BCUT2D eigenvalue weighted by atomic mass is 16.5. The van der Waals surface area contributed by atoms with Crippen LogP contribution in [0.5, 0.6) is 0 Å². The molecule has 1 aliphatic rings. The molecule has 0 aromatic heterocycles. The SMILES string of the molecule is CCCCN(C)c1ccc(C(=O)NC2(C(=O)OC)CCCC2)cc1. The molecule has 0 heterocycles. The van der Waals surface area contributed by atoms with Crippen LogP contribution in [0.25, 0.3) is 0 Å². The number of amides is 1. The van der Waals surface area contributed by atoms with E-state index in [1.54, 1.807) is 0 Å². The molecule has 2 rings (SSSR count). The first-order valence-corrected chi connectivity index (χ1v) is 8.74. The zero-order valence-electron chi connectivity index (χ0n) is 14.9. The van der Waals surface area contributed by atoms with E-state index < -0.39 is 5.54 Å². The number of nitrogens with zero attached hydrogens (tertiary/aromatic N) is 1. The Morgan fingerprint density at radius 1 is 1.21 bits per heavy atom. The molecule has 1 aromatic rings. The number of unbranched alkanes of at least 4 members (excludes halogenated alkanes) is 1. The molecule has 5 nitrogen and oxygen atoms in total. The number of esters is 1. The number of methoxy groups -OCH3 is 1. The highest BCUT2D eigenvalue weighted by Crippen LogP contribution is 2.31. The lowest BCUT2D eigenvalue weighted by Gasteiger charge is -2.27. The van der Waals surface area contributed by atoms with Crippen molar-refractivity contribution in [3.63, 3.8) is 0 Å². The average Bonchev–Trinajstić information content (AvgIpc) is 3.08. The number of hydrogen-bond donors (Lipinski definition) is 1. The second kappa shape index (κ2) is 8.18. The quantitative estimate of drug-likeness (QED) is 0.779. The second-order valence-electron chi connectivity index (χ2n) is 6.56. The molecule has 0 aliphatic heterocycles. The second-order valence-corrected chi connectivity index (χ2v) is 6.56. The third-order valence-electron chi connectivity index (χ3n) is 4.80. The molecule has 0 saturated heterocycles. The van der Waals surface area contributed by atoms with E-state index in [0.717, 1.165) is 37.9 Å². The Hall–Kier alpha value is -2.04. The fraction of sp³-hybridized carbons (Fsp3) is 0.579. The molecule has 24 heavy (non-hydrogen) atoms. The van der Waals surface area contributed by atoms with E-state index in [2.05, 4.69) is 24.2 Å². The maximum absolute atomic E-state index is 12.5. The Morgan fingerprint density at radius 3 is 2.38 bits per heavy atom. The minimum absolute atomic E-state index is 0.218. The van der Waals surface area contributed by atoms with Crippen LogP contribution in [0.1, 0.15) is 55.8 Å². The van der Waals surface area contributed by atoms with E-state index in [9.17, 15) is 9.59 Å². The predicted octanol–water partition coefficient (Wildman–Crippen LogP) is 3.14. The molecule has 1 amide bonds. The molecule has 0 unspecified atom stereocenters. The molecule has 0 atom stereocenters. The molecule has 1 aromatic carbocycles. The Bertz CT molecular complexity index is 562. The van der Waals surface area contributed by atoms with Crippen LogP contribution in [0, 0.1) is 0 Å². The number of hydrogen-bond acceptors (Lipinski definition) is 4. The van der Waals surface area contributed by atoms with Gasteiger partial charge in [0.2, 0.25) is 0 Å². The first-order chi connectivity index (χ1) is 11.5. The van der Waals surface area contributed by atoms with Gasteiger partial charge in [0.1, 0.15) is 5.54 Å². The van der Waals surface area contributed by atoms with E-state index in [1.165, 1.54) is 7.11 Å². The van der Waals surface area contributed by atoms with Gasteiger partial charge in [0.25, 0.3) is 5.91 Å². The molecule has 0 spiro atoms. The summed E-state index contributed by atoms with van der Waals surface area (Å²) in [5.41, 5.74) is 0.795. The third kappa shape index (κ3) is 4.08. The maximum Gasteiger partial charge on any atom is 0.331 e. The fourth-order valence-corrected chi connectivity index (χ4v) is 3.24. The molecule has 132 valence electrons. The summed E-state index contributed by atoms with van der Waals surface area (Å²) in [5.74, 6) is -0.561. The van der Waals surface area contributed by atoms with Gasteiger partial charge in [-0.1, -0.05) is 26.2 Å². The van der Waals surface area contributed by atoms with Crippen molar-refractivity contribution in [1.29, 1.82) is 0 Å². The van der Waals surface area contributed by atoms with Crippen LogP contribution in [0.2, 0.25) is 0 Å². The van der Waals surface area contributed by atoms with Gasteiger partial charge in [0, 0.05) is 24.8 Å². The molecule has 0 radical (unpaired) electrons. The van der Waals surface area contributed by atoms with Crippen molar-refractivity contribution in [2.45, 2.75) is 51.0 Å². The summed E-state index contributed by atoms with van der Waals surface area (Å²) >= 11 is 0. The summed E-state index contributed by atoms with van der Waals surface area (Å²) in [5, 5.41) is 2.92. The van der Waals surface area contributed by atoms with Crippen LogP contribution >= 0.6 is 0 Å². The standard InChI is InChI=1S/C19H28N2O3/c1-4-5-14-21(2)16-10-8-15(9-11-16)17(22)20-19(18(23)24-3)12-6-7-13-19/h8-11H,4-7,12-14H2,1-3H3,(H,20,22). The molecule has 1 saturated carbocycles. The number of benzene rings is 1. The summed E-state index contributed by atoms with van der Waals surface area (Å²) in [6, 6.07) is 7.52. The van der Waals surface area contributed by atoms with Gasteiger partial charge in [-0.25, -0.2) is 4.79 Å². The Labute approximate surface area is 144 Å². The summed E-state index contributed by atoms with van der Waals surface area (Å²) < 4.78 is 4.90. The maximum atomic E-state index is 12.5. The Morgan fingerprint density at radius 2 is 1.83 bits per heavy atom. The van der Waals surface area contributed by atoms with E-state index >= 15 is 0 Å². The van der Waals surface area contributed by atoms with Crippen LogP contribution in [0.4, 0.5) is 5.69 Å². The van der Waals surface area contributed by atoms with Crippen molar-refractivity contribution < 1.29 is 14.3 Å². The fourth-order valence-electron chi connectivity index (χ4n) is 3.24. The normalized spacial score (nSPS) is 15.8. The van der Waals surface area contributed by atoms with Crippen molar-refractivity contribution >= 4 is 17.6 Å². The monoisotopic (exact) mass is 332 g/mol. The molecule has 1 aliphatic carbocycles. The molecule has 5 heteroatoms. The van der Waals surface area contributed by atoms with Gasteiger partial charge in [-0.05, 0) is 43.5 Å². The lowest BCUT2D eigenvalue weighted by atomic mass is 9.97. The van der Waals surface area contributed by atoms with Crippen LogP contribution in [0.15, 0.2) is 24.3 Å². The Balaban J connectivity index is 2.05. The third-order valence-corrected chi connectivity index (χ3v) is 4.80. The molecular weight excluding hydrogens is 304 g/mol. The van der Waals surface area contributed by atoms with Gasteiger partial charge in [0.15, 0.2) is 0 Å². The van der Waals surface area contributed by atoms with E-state index in [1.807, 2.05) is 24.3 Å². The first-order valence-electron chi connectivity index (χ1n) is 8.74. The van der Waals surface area contributed by atoms with Crippen LogP contribution in [-0.4, -0.2) is 38.1 Å². The van der Waals surface area contributed by atoms with Gasteiger partial charge >= 0.3 is 5.97 Å². The van der Waals surface area contributed by atoms with E-state index in [4.69, 9.17) is 4.74 Å². The van der Waals surface area contributed by atoms with Gasteiger partial charge in [0.05, 0.1) is 7.11 Å². The van der Waals surface area contributed by atoms with Crippen molar-refractivity contribution in [3.05, 3.63) is 29.8 Å². The average molecular weight is 332 g/mol. The van der Waals surface area contributed by atoms with Gasteiger partial charge in [-0.15, -0.1) is 0 Å². The number of carbonyl (C=O) groups is 2. The van der Waals surface area contributed by atoms with Crippen molar-refractivity contribution in [2.75, 3.05) is 25.6 Å². The van der Waals surface area contributed by atoms with Gasteiger partial charge in [-0.2, -0.15) is 0 Å². The highest BCUT2D eigenvalue weighted by molar-refractivity contribution is 5.98. The number of ether oxygens (including phenoxy) is 1. The number of rotatable bonds is 7. The zero-order chi connectivity index (χ0) is 17.6. The number of carbonyl (C=O) groups excluding carboxylic acids is 2. The zero-order valence-corrected chi connectivity index (χ0v) is 14.9. The summed E-state index contributed by atoms with van der Waals surface area (Å²) in [6.45, 7) is 3.16. The predicted molar refractivity (Wildman–Crippen MR) is 95.3 cm³/mol. The molecular formula is C19H28N2O3. The minimum Gasteiger partial charge on any atom is -0.467 e. The van der Waals surface area contributed by atoms with Gasteiger partial charge in [-0.3, -0.25) is 4.79 Å². The summed E-state index contributed by atoms with van der Waals surface area (Å²) in [4.78, 5) is 26.8. The summed E-state index contributed by atoms with van der Waals surface area (Å²) in [6.07, 6.45) is 5.43. The number of anilines is 1. The van der Waals surface area contributed by atoms with E-state index in [-0.39, 0.29) is 11.9 Å². The van der Waals surface area contributed by atoms with Crippen molar-refractivity contribution in [2.24, 2.45) is 0 Å². The smallest absolute Gasteiger partial charge is 0.331 e. The summed E-state index contributed by atoms with van der Waals surface area (Å²) in [7, 11) is 3.42. The van der Waals surface area contributed by atoms with Crippen molar-refractivity contribution in [3.8, 4) is 0 Å². The largest absolute Gasteiger partial charge is 0.467 e. The molecule has 1 N–H and O–H groups in total. The van der Waals surface area contributed by atoms with Crippen molar-refractivity contribution in [1.82, 2.24) is 5.32 Å². The highest BCUT2D eigenvalue weighted by Gasteiger charge is 2.43. The van der Waals surface area contributed by atoms with Crippen LogP contribution in [0.3, 0.4) is 0 Å². The lowest BCUT2D eigenvalue weighted by molar-refractivity contribution is -0.148. The minimum atomic E-state index is -0.859. The van der Waals surface area contributed by atoms with E-state index in [0.29, 0.717) is 18.4 Å². The lowest BCUT2D eigenvalue weighted by Crippen LogP contribution is -2.53. The van der Waals surface area contributed by atoms with Gasteiger partial charge < -0.3 is 15.0 Å². The van der Waals surface area contributed by atoms with Crippen LogP contribution in [-0.2, 0) is 9.53 Å². The topological polar surface area (TPSA) is 58.6 Å². The van der Waals surface area contributed by atoms with Crippen LogP contribution < -0.4 is 10.2 Å². The number of nitrogens with one attached hydrogen (secondary N) is 1. The molecule has 1 fully saturated rings. The molecule has 0 bridgehead atoms. The Kier molecular flexibility index (Phi) is 6.23.